The standard InChI is InChI=1S/C15H17N7/c1-11-17-15(8-9-21-10-16-19-20-21)22(18-11)14-7-3-5-12-4-2-6-13(12)14/h3,5,7,10H,2,4,6,8-9H2,1H3. The molecule has 22 heavy (non-hydrogen) atoms. The molecule has 0 spiro atoms. The predicted molar refractivity (Wildman–Crippen MR) is 79.6 cm³/mol. The summed E-state index contributed by atoms with van der Waals surface area (Å²) in [6.07, 6.45) is 5.87. The molecule has 0 atom stereocenters. The molecule has 4 rings (SSSR count). The fourth-order valence-corrected chi connectivity index (χ4v) is 3.11. The van der Waals surface area contributed by atoms with Crippen LogP contribution < -0.4 is 0 Å². The molecule has 1 aromatic carbocycles. The zero-order chi connectivity index (χ0) is 14.9. The molecular weight excluding hydrogens is 278 g/mol. The molecule has 1 aliphatic rings. The number of aromatic nitrogens is 7. The molecule has 0 N–H and O–H groups in total. The molecule has 0 saturated heterocycles. The van der Waals surface area contributed by atoms with Gasteiger partial charge in [0.2, 0.25) is 0 Å². The van der Waals surface area contributed by atoms with Crippen molar-refractivity contribution < 1.29 is 0 Å². The third kappa shape index (κ3) is 2.28. The van der Waals surface area contributed by atoms with Gasteiger partial charge >= 0.3 is 0 Å². The van der Waals surface area contributed by atoms with Gasteiger partial charge in [0, 0.05) is 6.42 Å². The van der Waals surface area contributed by atoms with Crippen LogP contribution in [0.15, 0.2) is 24.5 Å². The van der Waals surface area contributed by atoms with E-state index in [-0.39, 0.29) is 0 Å². The SMILES string of the molecule is Cc1nc(CCn2cnnn2)n(-c2cccc3c2CCC3)n1. The molecular formula is C15H17N7. The van der Waals surface area contributed by atoms with Crippen LogP contribution in [0.3, 0.4) is 0 Å². The minimum Gasteiger partial charge on any atom is -0.232 e. The van der Waals surface area contributed by atoms with Gasteiger partial charge in [-0.05, 0) is 53.8 Å². The Labute approximate surface area is 128 Å². The summed E-state index contributed by atoms with van der Waals surface area (Å²) in [6, 6.07) is 6.47. The van der Waals surface area contributed by atoms with Crippen molar-refractivity contribution in [2.45, 2.75) is 39.2 Å². The Hall–Kier alpha value is -2.57. The third-order valence-electron chi connectivity index (χ3n) is 4.09. The molecule has 0 amide bonds. The number of aryl methyl sites for hydroxylation is 4. The van der Waals surface area contributed by atoms with Crippen LogP contribution in [0.5, 0.6) is 0 Å². The molecule has 112 valence electrons. The Balaban J connectivity index is 1.69. The lowest BCUT2D eigenvalue weighted by molar-refractivity contribution is 0.570. The van der Waals surface area contributed by atoms with Crippen LogP contribution >= 0.6 is 0 Å². The molecule has 0 aliphatic heterocycles. The monoisotopic (exact) mass is 295 g/mol. The molecule has 0 radical (unpaired) electrons. The summed E-state index contributed by atoms with van der Waals surface area (Å²) in [5, 5.41) is 15.8. The Morgan fingerprint density at radius 1 is 1.23 bits per heavy atom. The maximum absolute atomic E-state index is 4.60. The van der Waals surface area contributed by atoms with Crippen LogP contribution in [0.2, 0.25) is 0 Å². The lowest BCUT2D eigenvalue weighted by Gasteiger charge is -2.10. The second-order valence-electron chi connectivity index (χ2n) is 5.58. The summed E-state index contributed by atoms with van der Waals surface area (Å²) < 4.78 is 3.70. The zero-order valence-corrected chi connectivity index (χ0v) is 12.5. The van der Waals surface area contributed by atoms with Crippen LogP contribution in [-0.4, -0.2) is 35.0 Å². The molecule has 7 heteroatoms. The molecule has 0 unspecified atom stereocenters. The highest BCUT2D eigenvalue weighted by molar-refractivity contribution is 5.48. The molecule has 7 nitrogen and oxygen atoms in total. The summed E-state index contributed by atoms with van der Waals surface area (Å²) >= 11 is 0. The molecule has 2 heterocycles. The normalized spacial score (nSPS) is 13.5. The van der Waals surface area contributed by atoms with Gasteiger partial charge in [-0.15, -0.1) is 5.10 Å². The second-order valence-corrected chi connectivity index (χ2v) is 5.58. The van der Waals surface area contributed by atoms with Crippen LogP contribution in [0.25, 0.3) is 5.69 Å². The van der Waals surface area contributed by atoms with Gasteiger partial charge in [0.25, 0.3) is 0 Å². The Bertz CT molecular complexity index is 788. The van der Waals surface area contributed by atoms with Crippen molar-refractivity contribution in [3.63, 3.8) is 0 Å². The number of benzene rings is 1. The van der Waals surface area contributed by atoms with E-state index in [1.54, 1.807) is 11.0 Å². The van der Waals surface area contributed by atoms with Crippen molar-refractivity contribution >= 4 is 0 Å². The minimum atomic E-state index is 0.695. The molecule has 3 aromatic rings. The number of hydrogen-bond acceptors (Lipinski definition) is 5. The Morgan fingerprint density at radius 3 is 3.05 bits per heavy atom. The average molecular weight is 295 g/mol. The largest absolute Gasteiger partial charge is 0.232 e. The van der Waals surface area contributed by atoms with Gasteiger partial charge in [0.05, 0.1) is 12.2 Å². The number of tetrazole rings is 1. The maximum atomic E-state index is 4.60. The van der Waals surface area contributed by atoms with Gasteiger partial charge in [-0.25, -0.2) is 14.3 Å². The lowest BCUT2D eigenvalue weighted by atomic mass is 10.1. The van der Waals surface area contributed by atoms with Gasteiger partial charge < -0.3 is 0 Å². The van der Waals surface area contributed by atoms with Crippen molar-refractivity contribution in [2.75, 3.05) is 0 Å². The third-order valence-corrected chi connectivity index (χ3v) is 4.09. The van der Waals surface area contributed by atoms with Crippen molar-refractivity contribution in [1.29, 1.82) is 0 Å². The Morgan fingerprint density at radius 2 is 2.18 bits per heavy atom. The summed E-state index contributed by atoms with van der Waals surface area (Å²) in [6.45, 7) is 2.63. The van der Waals surface area contributed by atoms with Gasteiger partial charge in [-0.1, -0.05) is 12.1 Å². The molecule has 0 bridgehead atoms. The van der Waals surface area contributed by atoms with E-state index in [1.165, 1.54) is 23.2 Å². The fourth-order valence-electron chi connectivity index (χ4n) is 3.11. The van der Waals surface area contributed by atoms with Crippen LogP contribution in [-0.2, 0) is 25.8 Å². The van der Waals surface area contributed by atoms with E-state index in [9.17, 15) is 0 Å². The minimum absolute atomic E-state index is 0.695. The summed E-state index contributed by atoms with van der Waals surface area (Å²) in [4.78, 5) is 4.58. The van der Waals surface area contributed by atoms with Gasteiger partial charge in [0.1, 0.15) is 18.0 Å². The highest BCUT2D eigenvalue weighted by Gasteiger charge is 2.18. The van der Waals surface area contributed by atoms with E-state index in [0.717, 1.165) is 30.9 Å². The first-order valence-corrected chi connectivity index (χ1v) is 7.56. The smallest absolute Gasteiger partial charge is 0.148 e. The highest BCUT2D eigenvalue weighted by atomic mass is 15.5. The molecule has 2 aromatic heterocycles. The van der Waals surface area contributed by atoms with E-state index < -0.39 is 0 Å². The van der Waals surface area contributed by atoms with Gasteiger partial charge in [-0.2, -0.15) is 5.10 Å². The number of rotatable bonds is 4. The van der Waals surface area contributed by atoms with Gasteiger partial charge in [0.15, 0.2) is 0 Å². The quantitative estimate of drug-likeness (QED) is 0.725. The maximum Gasteiger partial charge on any atom is 0.148 e. The Kier molecular flexibility index (Phi) is 3.17. The number of hydrogen-bond donors (Lipinski definition) is 0. The average Bonchev–Trinajstić information content (AvgIpc) is 3.25. The first-order chi connectivity index (χ1) is 10.8. The first-order valence-electron chi connectivity index (χ1n) is 7.56. The predicted octanol–water partition coefficient (Wildman–Crippen LogP) is 1.29. The van der Waals surface area contributed by atoms with Crippen molar-refractivity contribution in [3.8, 4) is 5.69 Å². The number of nitrogens with zero attached hydrogens (tertiary/aromatic N) is 7. The molecule has 0 saturated carbocycles. The van der Waals surface area contributed by atoms with Gasteiger partial charge in [-0.3, -0.25) is 0 Å². The van der Waals surface area contributed by atoms with E-state index in [0.29, 0.717) is 6.54 Å². The van der Waals surface area contributed by atoms with E-state index in [4.69, 9.17) is 0 Å². The van der Waals surface area contributed by atoms with E-state index >= 15 is 0 Å². The summed E-state index contributed by atoms with van der Waals surface area (Å²) in [7, 11) is 0. The topological polar surface area (TPSA) is 74.3 Å². The second kappa shape index (κ2) is 5.32. The summed E-state index contributed by atoms with van der Waals surface area (Å²) in [5.41, 5.74) is 4.02. The summed E-state index contributed by atoms with van der Waals surface area (Å²) in [5.74, 6) is 1.75. The lowest BCUT2D eigenvalue weighted by Crippen LogP contribution is -2.10. The first kappa shape index (κ1) is 13.1. The zero-order valence-electron chi connectivity index (χ0n) is 12.5. The van der Waals surface area contributed by atoms with Crippen LogP contribution in [0.1, 0.15) is 29.2 Å². The highest BCUT2D eigenvalue weighted by Crippen LogP contribution is 2.28. The van der Waals surface area contributed by atoms with E-state index in [1.807, 2.05) is 11.6 Å². The molecule has 0 fully saturated rings. The van der Waals surface area contributed by atoms with Crippen molar-refractivity contribution in [1.82, 2.24) is 35.0 Å². The van der Waals surface area contributed by atoms with Crippen LogP contribution in [0.4, 0.5) is 0 Å². The van der Waals surface area contributed by atoms with E-state index in [2.05, 4.69) is 43.8 Å². The van der Waals surface area contributed by atoms with Crippen molar-refractivity contribution in [2.24, 2.45) is 0 Å². The number of fused-ring (bicyclic) bond motifs is 1. The molecule has 1 aliphatic carbocycles. The van der Waals surface area contributed by atoms with Crippen molar-refractivity contribution in [3.05, 3.63) is 47.3 Å². The fraction of sp³-hybridized carbons (Fsp3) is 0.400. The van der Waals surface area contributed by atoms with Crippen LogP contribution in [0, 0.1) is 6.92 Å².